The highest BCUT2D eigenvalue weighted by Gasteiger charge is 2.34. The number of sulfonamides is 1. The SMILES string of the molecule is COCC1(CNS(=O)(=O)c2ccc(C(=O)OC)c(Cl)c2)CCCN1.Cl. The summed E-state index contributed by atoms with van der Waals surface area (Å²) >= 11 is 5.99. The van der Waals surface area contributed by atoms with Gasteiger partial charge in [0.1, 0.15) is 0 Å². The Balaban J connectivity index is 0.00000312. The number of carbonyl (C=O) groups excluding carboxylic acids is 1. The first kappa shape index (κ1) is 22.1. The fraction of sp³-hybridized carbons (Fsp3) is 0.533. The van der Waals surface area contributed by atoms with Crippen molar-refractivity contribution in [1.29, 1.82) is 0 Å². The van der Waals surface area contributed by atoms with Crippen molar-refractivity contribution in [3.8, 4) is 0 Å². The van der Waals surface area contributed by atoms with Crippen molar-refractivity contribution in [2.24, 2.45) is 0 Å². The van der Waals surface area contributed by atoms with E-state index in [-0.39, 0.29) is 34.4 Å². The molecule has 1 aliphatic rings. The molecule has 0 radical (unpaired) electrons. The average Bonchev–Trinajstić information content (AvgIpc) is 3.02. The number of ether oxygens (including phenoxy) is 2. The molecule has 0 spiro atoms. The molecule has 142 valence electrons. The lowest BCUT2D eigenvalue weighted by atomic mass is 9.99. The molecule has 1 aromatic rings. The van der Waals surface area contributed by atoms with Gasteiger partial charge in [0.25, 0.3) is 0 Å². The zero-order valence-electron chi connectivity index (χ0n) is 14.0. The summed E-state index contributed by atoms with van der Waals surface area (Å²) in [5.41, 5.74) is -0.288. The number of nitrogens with one attached hydrogen (secondary N) is 2. The van der Waals surface area contributed by atoms with E-state index in [0.717, 1.165) is 19.4 Å². The summed E-state index contributed by atoms with van der Waals surface area (Å²) in [6, 6.07) is 3.90. The van der Waals surface area contributed by atoms with Crippen LogP contribution in [0.1, 0.15) is 23.2 Å². The van der Waals surface area contributed by atoms with Crippen LogP contribution in [0.25, 0.3) is 0 Å². The summed E-state index contributed by atoms with van der Waals surface area (Å²) in [5.74, 6) is -0.619. The molecule has 2 rings (SSSR count). The van der Waals surface area contributed by atoms with Gasteiger partial charge in [-0.1, -0.05) is 11.6 Å². The summed E-state index contributed by atoms with van der Waals surface area (Å²) in [6.45, 7) is 1.45. The molecule has 25 heavy (non-hydrogen) atoms. The van der Waals surface area contributed by atoms with E-state index in [1.54, 1.807) is 7.11 Å². The molecule has 0 saturated carbocycles. The number of rotatable bonds is 7. The Kier molecular flexibility index (Phi) is 8.11. The van der Waals surface area contributed by atoms with Crippen LogP contribution in [0, 0.1) is 0 Å². The zero-order chi connectivity index (χ0) is 17.8. The number of hydrogen-bond donors (Lipinski definition) is 2. The van der Waals surface area contributed by atoms with Gasteiger partial charge in [-0.25, -0.2) is 17.9 Å². The molecule has 1 fully saturated rings. The van der Waals surface area contributed by atoms with Crippen LogP contribution in [0.4, 0.5) is 0 Å². The van der Waals surface area contributed by atoms with Crippen molar-refractivity contribution in [2.75, 3.05) is 33.9 Å². The minimum atomic E-state index is -3.76. The van der Waals surface area contributed by atoms with Gasteiger partial charge in [-0.2, -0.15) is 0 Å². The van der Waals surface area contributed by atoms with Crippen LogP contribution in [-0.2, 0) is 19.5 Å². The minimum absolute atomic E-state index is 0. The van der Waals surface area contributed by atoms with Gasteiger partial charge < -0.3 is 14.8 Å². The van der Waals surface area contributed by atoms with E-state index in [0.29, 0.717) is 6.61 Å². The molecule has 1 unspecified atom stereocenters. The topological polar surface area (TPSA) is 93.7 Å². The van der Waals surface area contributed by atoms with Crippen LogP contribution in [-0.4, -0.2) is 53.8 Å². The van der Waals surface area contributed by atoms with Gasteiger partial charge in [0.15, 0.2) is 0 Å². The number of halogens is 2. The van der Waals surface area contributed by atoms with Gasteiger partial charge in [-0.3, -0.25) is 0 Å². The van der Waals surface area contributed by atoms with Crippen molar-refractivity contribution in [2.45, 2.75) is 23.3 Å². The predicted molar refractivity (Wildman–Crippen MR) is 97.1 cm³/mol. The first-order chi connectivity index (χ1) is 11.3. The maximum Gasteiger partial charge on any atom is 0.339 e. The number of esters is 1. The van der Waals surface area contributed by atoms with Crippen molar-refractivity contribution >= 4 is 40.0 Å². The van der Waals surface area contributed by atoms with Crippen molar-refractivity contribution in [3.63, 3.8) is 0 Å². The minimum Gasteiger partial charge on any atom is -0.465 e. The third-order valence-corrected chi connectivity index (χ3v) is 5.72. The van der Waals surface area contributed by atoms with Crippen LogP contribution < -0.4 is 10.0 Å². The molecule has 0 aromatic heterocycles. The van der Waals surface area contributed by atoms with E-state index >= 15 is 0 Å². The number of hydrogen-bond acceptors (Lipinski definition) is 6. The van der Waals surface area contributed by atoms with Gasteiger partial charge in [-0.05, 0) is 37.6 Å². The molecule has 2 N–H and O–H groups in total. The maximum absolute atomic E-state index is 12.5. The quantitative estimate of drug-likeness (QED) is 0.660. The largest absolute Gasteiger partial charge is 0.465 e. The highest BCUT2D eigenvalue weighted by atomic mass is 35.5. The average molecular weight is 413 g/mol. The molecule has 1 heterocycles. The highest BCUT2D eigenvalue weighted by Crippen LogP contribution is 2.23. The van der Waals surface area contributed by atoms with Gasteiger partial charge in [-0.15, -0.1) is 12.4 Å². The number of benzene rings is 1. The molecule has 1 atom stereocenters. The van der Waals surface area contributed by atoms with Crippen LogP contribution in [0.3, 0.4) is 0 Å². The highest BCUT2D eigenvalue weighted by molar-refractivity contribution is 7.89. The monoisotopic (exact) mass is 412 g/mol. The van der Waals surface area contributed by atoms with Crippen LogP contribution in [0.2, 0.25) is 5.02 Å². The first-order valence-corrected chi connectivity index (χ1v) is 9.31. The maximum atomic E-state index is 12.5. The van der Waals surface area contributed by atoms with E-state index in [1.807, 2.05) is 0 Å². The van der Waals surface area contributed by atoms with E-state index in [2.05, 4.69) is 14.8 Å². The van der Waals surface area contributed by atoms with Gasteiger partial charge >= 0.3 is 5.97 Å². The molecule has 10 heteroatoms. The van der Waals surface area contributed by atoms with Crippen molar-refractivity contribution < 1.29 is 22.7 Å². The summed E-state index contributed by atoms with van der Waals surface area (Å²) in [7, 11) is -0.942. The fourth-order valence-corrected chi connectivity index (χ4v) is 4.20. The van der Waals surface area contributed by atoms with Crippen LogP contribution in [0.15, 0.2) is 23.1 Å². The Morgan fingerprint density at radius 1 is 1.40 bits per heavy atom. The van der Waals surface area contributed by atoms with Gasteiger partial charge in [0.05, 0.1) is 34.7 Å². The Morgan fingerprint density at radius 3 is 2.64 bits per heavy atom. The van der Waals surface area contributed by atoms with E-state index in [9.17, 15) is 13.2 Å². The molecular weight excluding hydrogens is 391 g/mol. The lowest BCUT2D eigenvalue weighted by Gasteiger charge is -2.28. The zero-order valence-corrected chi connectivity index (χ0v) is 16.4. The van der Waals surface area contributed by atoms with Crippen LogP contribution >= 0.6 is 24.0 Å². The molecule has 1 saturated heterocycles. The smallest absolute Gasteiger partial charge is 0.339 e. The summed E-state index contributed by atoms with van der Waals surface area (Å²) in [6.07, 6.45) is 1.79. The van der Waals surface area contributed by atoms with Crippen LogP contribution in [0.5, 0.6) is 0 Å². The Bertz CT molecular complexity index is 706. The second-order valence-corrected chi connectivity index (χ2v) is 7.88. The molecule has 0 bridgehead atoms. The van der Waals surface area contributed by atoms with Gasteiger partial charge in [0.2, 0.25) is 10.0 Å². The summed E-state index contributed by atoms with van der Waals surface area (Å²) in [5, 5.41) is 3.32. The molecular formula is C15H22Cl2N2O5S. The van der Waals surface area contributed by atoms with Crippen molar-refractivity contribution in [3.05, 3.63) is 28.8 Å². The lowest BCUT2D eigenvalue weighted by Crippen LogP contribution is -2.52. The van der Waals surface area contributed by atoms with E-state index in [1.165, 1.54) is 25.3 Å². The normalized spacial score (nSPS) is 20.1. The first-order valence-electron chi connectivity index (χ1n) is 7.45. The summed E-state index contributed by atoms with van der Waals surface area (Å²) in [4.78, 5) is 11.5. The summed E-state index contributed by atoms with van der Waals surface area (Å²) < 4.78 is 37.3. The molecule has 0 amide bonds. The second-order valence-electron chi connectivity index (χ2n) is 5.70. The Labute approximate surface area is 158 Å². The standard InChI is InChI=1S/C15H21ClN2O5S.ClH/c1-22-10-15(6-3-7-17-15)9-18-24(20,21)11-4-5-12(13(16)8-11)14(19)23-2;/h4-5,8,17-18H,3,6-7,9-10H2,1-2H3;1H. The molecule has 1 aliphatic heterocycles. The van der Waals surface area contributed by atoms with Gasteiger partial charge in [0, 0.05) is 13.7 Å². The van der Waals surface area contributed by atoms with E-state index < -0.39 is 21.5 Å². The third-order valence-electron chi connectivity index (χ3n) is 4.01. The molecule has 0 aliphatic carbocycles. The Morgan fingerprint density at radius 2 is 2.12 bits per heavy atom. The second kappa shape index (κ2) is 9.16. The van der Waals surface area contributed by atoms with E-state index in [4.69, 9.17) is 16.3 Å². The number of carbonyl (C=O) groups is 1. The Hall–Kier alpha value is -0.900. The number of methoxy groups -OCH3 is 2. The van der Waals surface area contributed by atoms with Crippen molar-refractivity contribution in [1.82, 2.24) is 10.0 Å². The fourth-order valence-electron chi connectivity index (χ4n) is 2.73. The lowest BCUT2D eigenvalue weighted by molar-refractivity contribution is 0.0601. The third kappa shape index (κ3) is 5.29. The predicted octanol–water partition coefficient (Wildman–Crippen LogP) is 1.60. The molecule has 7 nitrogen and oxygen atoms in total. The molecule has 1 aromatic carbocycles.